The molecule has 0 aromatic heterocycles. The quantitative estimate of drug-likeness (QED) is 0.941. The van der Waals surface area contributed by atoms with E-state index in [1.165, 1.54) is 26.4 Å². The van der Waals surface area contributed by atoms with Gasteiger partial charge in [0.1, 0.15) is 11.5 Å². The summed E-state index contributed by atoms with van der Waals surface area (Å²) in [4.78, 5) is 12.2. The normalized spacial score (nSPS) is 10.1. The molecule has 0 bridgehead atoms. The minimum absolute atomic E-state index is 0.142. The van der Waals surface area contributed by atoms with Gasteiger partial charge < -0.3 is 14.8 Å². The molecule has 0 spiro atoms. The van der Waals surface area contributed by atoms with E-state index in [4.69, 9.17) is 9.47 Å². The van der Waals surface area contributed by atoms with Crippen molar-refractivity contribution >= 4 is 11.6 Å². The first-order valence-corrected chi connectivity index (χ1v) is 6.03. The maximum atomic E-state index is 13.1. The van der Waals surface area contributed by atoms with Crippen LogP contribution in [0.5, 0.6) is 11.5 Å². The van der Waals surface area contributed by atoms with Gasteiger partial charge in [0.25, 0.3) is 5.91 Å². The van der Waals surface area contributed by atoms with E-state index >= 15 is 0 Å². The molecule has 2 aromatic rings. The number of benzene rings is 2. The lowest BCUT2D eigenvalue weighted by Crippen LogP contribution is -2.13. The van der Waals surface area contributed by atoms with Crippen LogP contribution in [0.4, 0.5) is 14.5 Å². The molecule has 0 radical (unpaired) electrons. The molecule has 2 rings (SSSR count). The van der Waals surface area contributed by atoms with Gasteiger partial charge in [-0.3, -0.25) is 4.79 Å². The molecule has 6 heteroatoms. The molecule has 4 nitrogen and oxygen atoms in total. The van der Waals surface area contributed by atoms with Crippen LogP contribution < -0.4 is 14.8 Å². The second kappa shape index (κ2) is 6.21. The highest BCUT2D eigenvalue weighted by Crippen LogP contribution is 2.25. The van der Waals surface area contributed by atoms with E-state index in [1.807, 2.05) is 0 Å². The fourth-order valence-corrected chi connectivity index (χ4v) is 1.76. The first-order chi connectivity index (χ1) is 10.0. The maximum absolute atomic E-state index is 13.1. The van der Waals surface area contributed by atoms with Gasteiger partial charge in [-0.1, -0.05) is 0 Å². The summed E-state index contributed by atoms with van der Waals surface area (Å²) in [5.74, 6) is -1.71. The molecule has 0 saturated carbocycles. The van der Waals surface area contributed by atoms with Crippen LogP contribution in [0.1, 0.15) is 10.4 Å². The summed E-state index contributed by atoms with van der Waals surface area (Å²) in [7, 11) is 2.90. The Morgan fingerprint density at radius 1 is 1.00 bits per heavy atom. The second-order valence-electron chi connectivity index (χ2n) is 4.15. The number of anilines is 1. The van der Waals surface area contributed by atoms with Crippen molar-refractivity contribution in [1.82, 2.24) is 0 Å². The van der Waals surface area contributed by atoms with Crippen LogP contribution >= 0.6 is 0 Å². The lowest BCUT2D eigenvalue weighted by atomic mass is 10.1. The van der Waals surface area contributed by atoms with E-state index in [9.17, 15) is 13.6 Å². The van der Waals surface area contributed by atoms with Crippen LogP contribution in [0.3, 0.4) is 0 Å². The standard InChI is InChI=1S/C15H13F2NO3/c1-20-10-4-6-14(21-2)11(8-10)15(19)18-9-3-5-12(16)13(17)7-9/h3-8H,1-2H3,(H,18,19). The largest absolute Gasteiger partial charge is 0.497 e. The van der Waals surface area contributed by atoms with Crippen molar-refractivity contribution in [1.29, 1.82) is 0 Å². The molecule has 0 atom stereocenters. The molecule has 0 fully saturated rings. The van der Waals surface area contributed by atoms with Crippen molar-refractivity contribution in [3.63, 3.8) is 0 Å². The smallest absolute Gasteiger partial charge is 0.259 e. The molecule has 0 aliphatic carbocycles. The Morgan fingerprint density at radius 2 is 1.76 bits per heavy atom. The molecule has 1 amide bonds. The van der Waals surface area contributed by atoms with Crippen molar-refractivity contribution in [2.45, 2.75) is 0 Å². The number of hydrogen-bond acceptors (Lipinski definition) is 3. The van der Waals surface area contributed by atoms with Crippen LogP contribution in [0.15, 0.2) is 36.4 Å². The van der Waals surface area contributed by atoms with Gasteiger partial charge >= 0.3 is 0 Å². The third-order valence-corrected chi connectivity index (χ3v) is 2.83. The Kier molecular flexibility index (Phi) is 4.37. The number of rotatable bonds is 4. The van der Waals surface area contributed by atoms with Crippen molar-refractivity contribution < 1.29 is 23.0 Å². The zero-order valence-electron chi connectivity index (χ0n) is 11.4. The molecule has 0 aliphatic heterocycles. The van der Waals surface area contributed by atoms with E-state index in [1.54, 1.807) is 12.1 Å². The zero-order valence-corrected chi connectivity index (χ0v) is 11.4. The SMILES string of the molecule is COc1ccc(OC)c(C(=O)Nc2ccc(F)c(F)c2)c1. The second-order valence-corrected chi connectivity index (χ2v) is 4.15. The lowest BCUT2D eigenvalue weighted by Gasteiger charge is -2.11. The number of carbonyl (C=O) groups is 1. The highest BCUT2D eigenvalue weighted by molar-refractivity contribution is 6.06. The molecule has 2 aromatic carbocycles. The highest BCUT2D eigenvalue weighted by atomic mass is 19.2. The Labute approximate surface area is 120 Å². The number of hydrogen-bond donors (Lipinski definition) is 1. The minimum atomic E-state index is -1.04. The summed E-state index contributed by atoms with van der Waals surface area (Å²) in [5, 5.41) is 2.47. The Bertz CT molecular complexity index is 674. The first-order valence-electron chi connectivity index (χ1n) is 6.03. The van der Waals surface area contributed by atoms with E-state index in [0.717, 1.165) is 12.1 Å². The third-order valence-electron chi connectivity index (χ3n) is 2.83. The molecule has 0 aliphatic rings. The number of nitrogens with one attached hydrogen (secondary N) is 1. The predicted molar refractivity (Wildman–Crippen MR) is 73.9 cm³/mol. The fourth-order valence-electron chi connectivity index (χ4n) is 1.76. The van der Waals surface area contributed by atoms with E-state index in [0.29, 0.717) is 11.5 Å². The number of carbonyl (C=O) groups excluding carboxylic acids is 1. The van der Waals surface area contributed by atoms with Gasteiger partial charge in [-0.05, 0) is 30.3 Å². The van der Waals surface area contributed by atoms with Crippen molar-refractivity contribution in [2.24, 2.45) is 0 Å². The zero-order chi connectivity index (χ0) is 15.4. The van der Waals surface area contributed by atoms with Gasteiger partial charge in [0.05, 0.1) is 19.8 Å². The Balaban J connectivity index is 2.28. The maximum Gasteiger partial charge on any atom is 0.259 e. The average molecular weight is 293 g/mol. The topological polar surface area (TPSA) is 47.6 Å². The summed E-state index contributed by atoms with van der Waals surface area (Å²) in [5.41, 5.74) is 0.366. The Hall–Kier alpha value is -2.63. The molecule has 0 saturated heterocycles. The van der Waals surface area contributed by atoms with Gasteiger partial charge in [0, 0.05) is 11.8 Å². The molecule has 0 heterocycles. The fraction of sp³-hybridized carbons (Fsp3) is 0.133. The molecule has 110 valence electrons. The Morgan fingerprint density at radius 3 is 2.38 bits per heavy atom. The van der Waals surface area contributed by atoms with E-state index in [-0.39, 0.29) is 11.3 Å². The summed E-state index contributed by atoms with van der Waals surface area (Å²) in [6, 6.07) is 7.83. The summed E-state index contributed by atoms with van der Waals surface area (Å²) >= 11 is 0. The molecule has 0 unspecified atom stereocenters. The number of ether oxygens (including phenoxy) is 2. The van der Waals surface area contributed by atoms with Gasteiger partial charge in [0.2, 0.25) is 0 Å². The summed E-state index contributed by atoms with van der Waals surface area (Å²) < 4.78 is 36.1. The van der Waals surface area contributed by atoms with Gasteiger partial charge in [-0.25, -0.2) is 8.78 Å². The summed E-state index contributed by atoms with van der Waals surface area (Å²) in [6.45, 7) is 0. The van der Waals surface area contributed by atoms with Crippen LogP contribution in [-0.4, -0.2) is 20.1 Å². The van der Waals surface area contributed by atoms with Gasteiger partial charge in [-0.2, -0.15) is 0 Å². The van der Waals surface area contributed by atoms with Crippen LogP contribution in [-0.2, 0) is 0 Å². The first kappa shape index (κ1) is 14.8. The number of amides is 1. The molecular formula is C15H13F2NO3. The van der Waals surface area contributed by atoms with Crippen LogP contribution in [0.25, 0.3) is 0 Å². The number of methoxy groups -OCH3 is 2. The average Bonchev–Trinajstić information content (AvgIpc) is 2.50. The van der Waals surface area contributed by atoms with Gasteiger partial charge in [-0.15, -0.1) is 0 Å². The lowest BCUT2D eigenvalue weighted by molar-refractivity contribution is 0.102. The number of halogens is 2. The summed E-state index contributed by atoms with van der Waals surface area (Å²) in [6.07, 6.45) is 0. The van der Waals surface area contributed by atoms with Crippen LogP contribution in [0, 0.1) is 11.6 Å². The highest BCUT2D eigenvalue weighted by Gasteiger charge is 2.14. The third kappa shape index (κ3) is 3.28. The van der Waals surface area contributed by atoms with E-state index in [2.05, 4.69) is 5.32 Å². The van der Waals surface area contributed by atoms with Gasteiger partial charge in [0.15, 0.2) is 11.6 Å². The van der Waals surface area contributed by atoms with Crippen molar-refractivity contribution in [3.8, 4) is 11.5 Å². The van der Waals surface area contributed by atoms with Crippen LogP contribution in [0.2, 0.25) is 0 Å². The van der Waals surface area contributed by atoms with E-state index < -0.39 is 17.5 Å². The minimum Gasteiger partial charge on any atom is -0.497 e. The molecule has 21 heavy (non-hydrogen) atoms. The predicted octanol–water partition coefficient (Wildman–Crippen LogP) is 3.23. The van der Waals surface area contributed by atoms with Crippen molar-refractivity contribution in [3.05, 3.63) is 53.6 Å². The van der Waals surface area contributed by atoms with Crippen molar-refractivity contribution in [2.75, 3.05) is 19.5 Å². The monoisotopic (exact) mass is 293 g/mol. The molecular weight excluding hydrogens is 280 g/mol. The molecule has 1 N–H and O–H groups in total.